The van der Waals surface area contributed by atoms with Gasteiger partial charge in [-0.3, -0.25) is 4.79 Å². The molecule has 0 saturated heterocycles. The highest BCUT2D eigenvalue weighted by Crippen LogP contribution is 2.31. The largest absolute Gasteiger partial charge is 0.481 e. The fourth-order valence-electron chi connectivity index (χ4n) is 1.62. The topological polar surface area (TPSA) is 48.4 Å². The maximum absolute atomic E-state index is 13.0. The summed E-state index contributed by atoms with van der Waals surface area (Å²) in [5, 5.41) is 0. The molecule has 0 radical (unpaired) electrons. The van der Waals surface area contributed by atoms with Gasteiger partial charge in [0.05, 0.1) is 25.7 Å². The van der Waals surface area contributed by atoms with Crippen molar-refractivity contribution in [3.8, 4) is 5.88 Å². The van der Waals surface area contributed by atoms with Crippen LogP contribution in [-0.4, -0.2) is 24.7 Å². The average Bonchev–Trinajstić information content (AvgIpc) is 2.27. The fraction of sp³-hybridized carbons (Fsp3) is 0.500. The lowest BCUT2D eigenvalue weighted by atomic mass is 10.1. The second-order valence-corrected chi connectivity index (χ2v) is 3.63. The molecule has 0 aliphatic carbocycles. The Labute approximate surface area is 104 Å². The molecule has 0 saturated carbocycles. The first kappa shape index (κ1) is 14.3. The van der Waals surface area contributed by atoms with Crippen LogP contribution in [0.5, 0.6) is 5.88 Å². The van der Waals surface area contributed by atoms with Crippen molar-refractivity contribution in [3.05, 3.63) is 22.9 Å². The Morgan fingerprint density at radius 1 is 1.50 bits per heavy atom. The summed E-state index contributed by atoms with van der Waals surface area (Å²) in [5.41, 5.74) is 0.347. The van der Waals surface area contributed by atoms with Gasteiger partial charge in [-0.25, -0.2) is 13.8 Å². The molecular weight excluding hydrogens is 244 g/mol. The summed E-state index contributed by atoms with van der Waals surface area (Å²) < 4.78 is 35.5. The van der Waals surface area contributed by atoms with E-state index < -0.39 is 12.4 Å². The highest BCUT2D eigenvalue weighted by molar-refractivity contribution is 5.73. The molecule has 1 rings (SSSR count). The molecule has 0 N–H and O–H groups in total. The molecule has 1 aromatic rings. The zero-order valence-corrected chi connectivity index (χ0v) is 10.5. The van der Waals surface area contributed by atoms with Gasteiger partial charge >= 0.3 is 5.97 Å². The lowest BCUT2D eigenvalue weighted by Crippen LogP contribution is -2.11. The highest BCUT2D eigenvalue weighted by atomic mass is 19.3. The molecule has 1 heterocycles. The third-order valence-electron chi connectivity index (χ3n) is 2.29. The van der Waals surface area contributed by atoms with Gasteiger partial charge in [-0.2, -0.15) is 0 Å². The monoisotopic (exact) mass is 259 g/mol. The maximum Gasteiger partial charge on any atom is 0.310 e. The van der Waals surface area contributed by atoms with Gasteiger partial charge in [0.1, 0.15) is 0 Å². The predicted molar refractivity (Wildman–Crippen MR) is 60.8 cm³/mol. The molecule has 0 unspecified atom stereocenters. The molecule has 0 aliphatic rings. The van der Waals surface area contributed by atoms with E-state index >= 15 is 0 Å². The van der Waals surface area contributed by atoms with Crippen LogP contribution in [0.15, 0.2) is 6.07 Å². The van der Waals surface area contributed by atoms with Crippen LogP contribution in [-0.2, 0) is 16.0 Å². The van der Waals surface area contributed by atoms with Crippen LogP contribution in [0.1, 0.15) is 30.2 Å². The molecule has 0 fully saturated rings. The van der Waals surface area contributed by atoms with Crippen LogP contribution in [0.2, 0.25) is 0 Å². The van der Waals surface area contributed by atoms with Gasteiger partial charge in [0, 0.05) is 5.69 Å². The van der Waals surface area contributed by atoms with E-state index in [9.17, 15) is 13.6 Å². The first-order valence-corrected chi connectivity index (χ1v) is 5.47. The van der Waals surface area contributed by atoms with Gasteiger partial charge in [-0.15, -0.1) is 0 Å². The summed E-state index contributed by atoms with van der Waals surface area (Å²) in [6.45, 7) is 3.51. The molecule has 0 atom stereocenters. The number of hydrogen-bond donors (Lipinski definition) is 0. The lowest BCUT2D eigenvalue weighted by molar-refractivity contribution is -0.142. The van der Waals surface area contributed by atoms with Crippen molar-refractivity contribution >= 4 is 5.97 Å². The van der Waals surface area contributed by atoms with Crippen molar-refractivity contribution in [1.82, 2.24) is 4.98 Å². The number of methoxy groups -OCH3 is 1. The number of aryl methyl sites for hydroxylation is 1. The third kappa shape index (κ3) is 3.38. The van der Waals surface area contributed by atoms with E-state index in [4.69, 9.17) is 9.47 Å². The van der Waals surface area contributed by atoms with E-state index in [1.165, 1.54) is 13.2 Å². The molecule has 18 heavy (non-hydrogen) atoms. The minimum atomic E-state index is -2.75. The quantitative estimate of drug-likeness (QED) is 0.762. The first-order valence-electron chi connectivity index (χ1n) is 5.47. The normalized spacial score (nSPS) is 10.6. The molecule has 0 aliphatic heterocycles. The molecule has 0 bridgehead atoms. The molecule has 0 aromatic carbocycles. The number of esters is 1. The number of pyridine rings is 1. The summed E-state index contributed by atoms with van der Waals surface area (Å²) in [6, 6.07) is 1.45. The summed E-state index contributed by atoms with van der Waals surface area (Å²) in [7, 11) is 1.27. The van der Waals surface area contributed by atoms with Gasteiger partial charge in [-0.05, 0) is 25.5 Å². The number of ether oxygens (including phenoxy) is 2. The molecular formula is C12H15F2NO3. The van der Waals surface area contributed by atoms with Gasteiger partial charge in [0.25, 0.3) is 6.43 Å². The van der Waals surface area contributed by atoms with E-state index in [2.05, 4.69) is 4.98 Å². The van der Waals surface area contributed by atoms with E-state index in [-0.39, 0.29) is 30.0 Å². The van der Waals surface area contributed by atoms with Gasteiger partial charge in [-0.1, -0.05) is 0 Å². The van der Waals surface area contributed by atoms with Crippen LogP contribution in [0, 0.1) is 6.92 Å². The Kier molecular flexibility index (Phi) is 5.00. The molecule has 1 aromatic heterocycles. The second-order valence-electron chi connectivity index (χ2n) is 3.63. The Bertz CT molecular complexity index is 436. The zero-order valence-electron chi connectivity index (χ0n) is 10.5. The summed E-state index contributed by atoms with van der Waals surface area (Å²) in [5.74, 6) is -0.698. The molecule has 0 spiro atoms. The van der Waals surface area contributed by atoms with Gasteiger partial charge in [0.15, 0.2) is 0 Å². The Morgan fingerprint density at radius 3 is 2.67 bits per heavy atom. The predicted octanol–water partition coefficient (Wildman–Crippen LogP) is 2.44. The standard InChI is InChI=1S/C12H15F2NO3/c1-4-18-9(16)6-8-5-7(2)15-12(17-3)10(8)11(13)14/h5,11H,4,6H2,1-3H3. The van der Waals surface area contributed by atoms with Crippen LogP contribution in [0.25, 0.3) is 0 Å². The average molecular weight is 259 g/mol. The number of hydrogen-bond acceptors (Lipinski definition) is 4. The molecule has 4 nitrogen and oxygen atoms in total. The Balaban J connectivity index is 3.15. The van der Waals surface area contributed by atoms with E-state index in [1.807, 2.05) is 0 Å². The van der Waals surface area contributed by atoms with Crippen molar-refractivity contribution in [2.24, 2.45) is 0 Å². The number of carbonyl (C=O) groups is 1. The van der Waals surface area contributed by atoms with Gasteiger partial charge in [0.2, 0.25) is 5.88 Å². The number of aromatic nitrogens is 1. The minimum absolute atomic E-state index is 0.149. The van der Waals surface area contributed by atoms with E-state index in [0.717, 1.165) is 0 Å². The minimum Gasteiger partial charge on any atom is -0.481 e. The highest BCUT2D eigenvalue weighted by Gasteiger charge is 2.22. The van der Waals surface area contributed by atoms with E-state index in [0.29, 0.717) is 5.69 Å². The SMILES string of the molecule is CCOC(=O)Cc1cc(C)nc(OC)c1C(F)F. The molecule has 0 amide bonds. The molecule has 6 heteroatoms. The Hall–Kier alpha value is -1.72. The smallest absolute Gasteiger partial charge is 0.310 e. The van der Waals surface area contributed by atoms with Crippen molar-refractivity contribution < 1.29 is 23.0 Å². The van der Waals surface area contributed by atoms with Crippen molar-refractivity contribution in [2.45, 2.75) is 26.7 Å². The Morgan fingerprint density at radius 2 is 2.17 bits per heavy atom. The van der Waals surface area contributed by atoms with Crippen molar-refractivity contribution in [2.75, 3.05) is 13.7 Å². The van der Waals surface area contributed by atoms with Crippen LogP contribution >= 0.6 is 0 Å². The van der Waals surface area contributed by atoms with Crippen LogP contribution < -0.4 is 4.74 Å². The van der Waals surface area contributed by atoms with Crippen molar-refractivity contribution in [3.63, 3.8) is 0 Å². The first-order chi connectivity index (χ1) is 8.49. The lowest BCUT2D eigenvalue weighted by Gasteiger charge is -2.13. The zero-order chi connectivity index (χ0) is 13.7. The summed E-state index contributed by atoms with van der Waals surface area (Å²) in [4.78, 5) is 15.2. The van der Waals surface area contributed by atoms with Crippen LogP contribution in [0.4, 0.5) is 8.78 Å². The fourth-order valence-corrected chi connectivity index (χ4v) is 1.62. The number of carbonyl (C=O) groups excluding carboxylic acids is 1. The number of alkyl halides is 2. The van der Waals surface area contributed by atoms with Gasteiger partial charge < -0.3 is 9.47 Å². The van der Waals surface area contributed by atoms with Crippen molar-refractivity contribution in [1.29, 1.82) is 0 Å². The summed E-state index contributed by atoms with van der Waals surface area (Å²) in [6.07, 6.45) is -2.97. The van der Waals surface area contributed by atoms with Crippen LogP contribution in [0.3, 0.4) is 0 Å². The maximum atomic E-state index is 13.0. The second kappa shape index (κ2) is 6.28. The number of nitrogens with zero attached hydrogens (tertiary/aromatic N) is 1. The third-order valence-corrected chi connectivity index (χ3v) is 2.29. The molecule has 100 valence electrons. The van der Waals surface area contributed by atoms with E-state index in [1.54, 1.807) is 13.8 Å². The summed E-state index contributed by atoms with van der Waals surface area (Å²) >= 11 is 0. The number of rotatable bonds is 5. The number of halogens is 2.